The zero-order valence-electron chi connectivity index (χ0n) is 11.0. The number of hydrogen-bond acceptors (Lipinski definition) is 1. The van der Waals surface area contributed by atoms with Crippen molar-refractivity contribution in [3.63, 3.8) is 0 Å². The van der Waals surface area contributed by atoms with Gasteiger partial charge < -0.3 is 4.90 Å². The van der Waals surface area contributed by atoms with Crippen LogP contribution in [-0.4, -0.2) is 7.05 Å². The van der Waals surface area contributed by atoms with Gasteiger partial charge >= 0.3 is 0 Å². The summed E-state index contributed by atoms with van der Waals surface area (Å²) in [7, 11) is 2.13. The maximum absolute atomic E-state index is 4.23. The fraction of sp³-hybridized carbons (Fsp3) is 0.467. The van der Waals surface area contributed by atoms with Gasteiger partial charge in [-0.2, -0.15) is 0 Å². The Labute approximate surface area is 98.8 Å². The Morgan fingerprint density at radius 3 is 2.44 bits per heavy atom. The van der Waals surface area contributed by atoms with Crippen molar-refractivity contribution in [2.75, 3.05) is 11.9 Å². The molecule has 1 heteroatoms. The third-order valence-electron chi connectivity index (χ3n) is 3.82. The summed E-state index contributed by atoms with van der Waals surface area (Å²) in [4.78, 5) is 2.25. The molecular formula is C15H21N. The number of benzene rings is 1. The number of likely N-dealkylation sites (N-methyl/N-ethyl adjacent to an activating group) is 1. The molecule has 1 aromatic rings. The van der Waals surface area contributed by atoms with E-state index < -0.39 is 0 Å². The highest BCUT2D eigenvalue weighted by Gasteiger charge is 2.38. The third kappa shape index (κ3) is 1.31. The highest BCUT2D eigenvalue weighted by atomic mass is 15.2. The van der Waals surface area contributed by atoms with Gasteiger partial charge in [0.15, 0.2) is 0 Å². The lowest BCUT2D eigenvalue weighted by Crippen LogP contribution is -2.21. The van der Waals surface area contributed by atoms with Crippen molar-refractivity contribution in [3.05, 3.63) is 41.6 Å². The summed E-state index contributed by atoms with van der Waals surface area (Å²) in [5.41, 5.74) is 5.45. The number of fused-ring (bicyclic) bond motifs is 1. The molecule has 0 radical (unpaired) electrons. The Bertz CT molecular complexity index is 441. The van der Waals surface area contributed by atoms with Crippen LogP contribution in [0.25, 0.3) is 0 Å². The van der Waals surface area contributed by atoms with Gasteiger partial charge in [-0.1, -0.05) is 52.5 Å². The summed E-state index contributed by atoms with van der Waals surface area (Å²) >= 11 is 0. The fourth-order valence-electron chi connectivity index (χ4n) is 2.62. The Hall–Kier alpha value is -1.24. The second kappa shape index (κ2) is 3.38. The van der Waals surface area contributed by atoms with E-state index in [9.17, 15) is 0 Å². The predicted molar refractivity (Wildman–Crippen MR) is 71.1 cm³/mol. The van der Waals surface area contributed by atoms with Crippen LogP contribution in [0, 0.1) is 0 Å². The monoisotopic (exact) mass is 215 g/mol. The van der Waals surface area contributed by atoms with E-state index in [0.717, 1.165) is 0 Å². The molecule has 1 aliphatic rings. The summed E-state index contributed by atoms with van der Waals surface area (Å²) in [5.74, 6) is 0.555. The first-order valence-electron chi connectivity index (χ1n) is 5.94. The molecule has 0 fully saturated rings. The highest BCUT2D eigenvalue weighted by Crippen LogP contribution is 2.48. The van der Waals surface area contributed by atoms with E-state index in [2.05, 4.69) is 64.4 Å². The molecule has 0 N–H and O–H groups in total. The maximum Gasteiger partial charge on any atom is 0.0482 e. The van der Waals surface area contributed by atoms with Gasteiger partial charge in [-0.25, -0.2) is 0 Å². The van der Waals surface area contributed by atoms with E-state index in [1.54, 1.807) is 0 Å². The average molecular weight is 215 g/mol. The second-order valence-electron chi connectivity index (χ2n) is 5.53. The first-order chi connectivity index (χ1) is 7.37. The Balaban J connectivity index is 2.71. The van der Waals surface area contributed by atoms with Crippen LogP contribution >= 0.6 is 0 Å². The Morgan fingerprint density at radius 1 is 1.25 bits per heavy atom. The lowest BCUT2D eigenvalue weighted by atomic mass is 9.83. The fourth-order valence-corrected chi connectivity index (χ4v) is 2.62. The minimum absolute atomic E-state index is 0.0645. The van der Waals surface area contributed by atoms with Gasteiger partial charge in [0.1, 0.15) is 0 Å². The number of nitrogens with zero attached hydrogens (tertiary/aromatic N) is 1. The molecule has 2 rings (SSSR count). The quantitative estimate of drug-likeness (QED) is 0.683. The van der Waals surface area contributed by atoms with Gasteiger partial charge in [-0.15, -0.1) is 0 Å². The van der Waals surface area contributed by atoms with Crippen molar-refractivity contribution >= 4 is 5.69 Å². The number of hydrogen-bond donors (Lipinski definition) is 0. The molecule has 1 aromatic carbocycles. The SMILES string of the molecule is C=C1N(C)c2c(C(C)C)cccc2C1(C)C. The minimum Gasteiger partial charge on any atom is -0.347 e. The largest absolute Gasteiger partial charge is 0.347 e. The highest BCUT2D eigenvalue weighted by molar-refractivity contribution is 5.73. The molecule has 0 saturated carbocycles. The van der Waals surface area contributed by atoms with Crippen LogP contribution in [0.3, 0.4) is 0 Å². The standard InChI is InChI=1S/C15H21N/c1-10(2)12-8-7-9-13-14(12)16(6)11(3)15(13,4)5/h7-10H,3H2,1-2,4-6H3. The number of anilines is 1. The molecule has 1 aliphatic heterocycles. The van der Waals surface area contributed by atoms with Crippen molar-refractivity contribution < 1.29 is 0 Å². The van der Waals surface area contributed by atoms with Crippen LogP contribution in [0.5, 0.6) is 0 Å². The molecule has 86 valence electrons. The van der Waals surface area contributed by atoms with Crippen molar-refractivity contribution in [2.45, 2.75) is 39.0 Å². The number of rotatable bonds is 1. The van der Waals surface area contributed by atoms with Crippen LogP contribution in [0.1, 0.15) is 44.7 Å². The van der Waals surface area contributed by atoms with E-state index in [1.165, 1.54) is 22.5 Å². The summed E-state index contributed by atoms with van der Waals surface area (Å²) < 4.78 is 0. The van der Waals surface area contributed by atoms with Gasteiger partial charge in [0.2, 0.25) is 0 Å². The van der Waals surface area contributed by atoms with Gasteiger partial charge in [0.05, 0.1) is 0 Å². The lowest BCUT2D eigenvalue weighted by Gasteiger charge is -2.22. The molecular weight excluding hydrogens is 194 g/mol. The van der Waals surface area contributed by atoms with Crippen molar-refractivity contribution in [2.24, 2.45) is 0 Å². The summed E-state index contributed by atoms with van der Waals surface area (Å²) in [6.45, 7) is 13.2. The maximum atomic E-state index is 4.23. The van der Waals surface area contributed by atoms with Crippen LogP contribution in [0.15, 0.2) is 30.5 Å². The lowest BCUT2D eigenvalue weighted by molar-refractivity contribution is 0.643. The number of para-hydroxylation sites is 1. The predicted octanol–water partition coefficient (Wildman–Crippen LogP) is 4.05. The smallest absolute Gasteiger partial charge is 0.0482 e. The van der Waals surface area contributed by atoms with Crippen molar-refractivity contribution in [1.82, 2.24) is 0 Å². The molecule has 1 heterocycles. The van der Waals surface area contributed by atoms with Gasteiger partial charge in [0, 0.05) is 23.8 Å². The van der Waals surface area contributed by atoms with E-state index in [0.29, 0.717) is 5.92 Å². The average Bonchev–Trinajstić information content (AvgIpc) is 2.41. The molecule has 0 bridgehead atoms. The van der Waals surface area contributed by atoms with Crippen LogP contribution in [-0.2, 0) is 5.41 Å². The van der Waals surface area contributed by atoms with Gasteiger partial charge in [0.25, 0.3) is 0 Å². The van der Waals surface area contributed by atoms with E-state index in [4.69, 9.17) is 0 Å². The minimum atomic E-state index is 0.0645. The summed E-state index contributed by atoms with van der Waals surface area (Å²) in [6.07, 6.45) is 0. The zero-order chi connectivity index (χ0) is 12.1. The third-order valence-corrected chi connectivity index (χ3v) is 3.82. The first-order valence-corrected chi connectivity index (χ1v) is 5.94. The van der Waals surface area contributed by atoms with Crippen LogP contribution in [0.2, 0.25) is 0 Å². The summed E-state index contributed by atoms with van der Waals surface area (Å²) in [6, 6.07) is 6.63. The topological polar surface area (TPSA) is 3.24 Å². The Morgan fingerprint density at radius 2 is 1.88 bits per heavy atom. The second-order valence-corrected chi connectivity index (χ2v) is 5.53. The zero-order valence-corrected chi connectivity index (χ0v) is 11.0. The molecule has 0 unspecified atom stereocenters. The molecule has 0 spiro atoms. The molecule has 1 nitrogen and oxygen atoms in total. The Kier molecular flexibility index (Phi) is 2.37. The molecule has 0 saturated heterocycles. The normalized spacial score (nSPS) is 18.1. The molecule has 16 heavy (non-hydrogen) atoms. The van der Waals surface area contributed by atoms with Crippen molar-refractivity contribution in [3.8, 4) is 0 Å². The van der Waals surface area contributed by atoms with E-state index >= 15 is 0 Å². The number of allylic oxidation sites excluding steroid dienone is 1. The molecule has 0 atom stereocenters. The summed E-state index contributed by atoms with van der Waals surface area (Å²) in [5, 5.41) is 0. The van der Waals surface area contributed by atoms with Crippen LogP contribution < -0.4 is 4.90 Å². The van der Waals surface area contributed by atoms with E-state index in [-0.39, 0.29) is 5.41 Å². The van der Waals surface area contributed by atoms with E-state index in [1.807, 2.05) is 0 Å². The van der Waals surface area contributed by atoms with Crippen molar-refractivity contribution in [1.29, 1.82) is 0 Å². The van der Waals surface area contributed by atoms with Gasteiger partial charge in [-0.3, -0.25) is 0 Å². The molecule has 0 aliphatic carbocycles. The van der Waals surface area contributed by atoms with Gasteiger partial charge in [-0.05, 0) is 17.0 Å². The first kappa shape index (κ1) is 11.3. The molecule has 0 aromatic heterocycles. The molecule has 0 amide bonds. The van der Waals surface area contributed by atoms with Crippen LogP contribution in [0.4, 0.5) is 5.69 Å².